The van der Waals surface area contributed by atoms with Crippen LogP contribution in [0.4, 0.5) is 5.00 Å². The molecule has 2 aliphatic rings. The lowest BCUT2D eigenvalue weighted by atomic mass is 10.3. The molecule has 3 rings (SSSR count). The number of hydrogen-bond acceptors (Lipinski definition) is 4. The van der Waals surface area contributed by atoms with Gasteiger partial charge in [0.05, 0.1) is 5.00 Å². The van der Waals surface area contributed by atoms with Crippen molar-refractivity contribution in [3.8, 4) is 0 Å². The van der Waals surface area contributed by atoms with E-state index in [4.69, 9.17) is 4.99 Å². The Bertz CT molecular complexity index is 568. The summed E-state index contributed by atoms with van der Waals surface area (Å²) in [5.41, 5.74) is 0. The van der Waals surface area contributed by atoms with Crippen LogP contribution in [-0.4, -0.2) is 62.1 Å². The summed E-state index contributed by atoms with van der Waals surface area (Å²) in [6.45, 7) is 7.67. The number of nitrogens with one attached hydrogen (secondary N) is 2. The van der Waals surface area contributed by atoms with Crippen LogP contribution in [0.5, 0.6) is 0 Å². The van der Waals surface area contributed by atoms with Crippen LogP contribution in [0, 0.1) is 0 Å². The molecule has 2 N–H and O–H groups in total. The van der Waals surface area contributed by atoms with Crippen LogP contribution in [0.3, 0.4) is 0 Å². The fraction of sp³-hybridized carbons (Fsp3) is 0.667. The number of carbonyl (C=O) groups is 1. The second-order valence-electron chi connectivity index (χ2n) is 6.61. The topological polar surface area (TPSA) is 60.0 Å². The normalized spacial score (nSPS) is 17.7. The molecule has 0 spiro atoms. The molecule has 0 aromatic carbocycles. The zero-order valence-electron chi connectivity index (χ0n) is 15.4. The second-order valence-corrected chi connectivity index (χ2v) is 7.53. The summed E-state index contributed by atoms with van der Waals surface area (Å²) in [6, 6.07) is 4.75. The van der Waals surface area contributed by atoms with E-state index in [9.17, 15) is 4.79 Å². The number of aliphatic imine (C=N–C) groups is 1. The molecule has 8 heteroatoms. The molecule has 1 amide bonds. The standard InChI is InChI=1S/C18H29N5OS.HI/c1-2-19-18(20-9-3-5-16(24)21-15-7-8-15)23-12-10-22(11-13-23)17-6-4-14-25-17;/h4,6,14-15H,2-3,5,7-13H2,1H3,(H,19,20)(H,21,24);1H. The number of carbonyl (C=O) groups excluding carboxylic acids is 1. The lowest BCUT2D eigenvalue weighted by Crippen LogP contribution is -2.52. The molecule has 1 aromatic heterocycles. The molecule has 1 aliphatic carbocycles. The summed E-state index contributed by atoms with van der Waals surface area (Å²) >= 11 is 1.80. The molecule has 146 valence electrons. The third kappa shape index (κ3) is 6.61. The molecule has 2 heterocycles. The van der Waals surface area contributed by atoms with Gasteiger partial charge < -0.3 is 20.4 Å². The molecule has 1 aliphatic heterocycles. The Morgan fingerprint density at radius 1 is 1.31 bits per heavy atom. The summed E-state index contributed by atoms with van der Waals surface area (Å²) in [4.78, 5) is 21.2. The number of guanidine groups is 1. The smallest absolute Gasteiger partial charge is 0.220 e. The molecule has 1 saturated carbocycles. The number of piperazine rings is 1. The largest absolute Gasteiger partial charge is 0.360 e. The fourth-order valence-electron chi connectivity index (χ4n) is 2.97. The Morgan fingerprint density at radius 3 is 2.69 bits per heavy atom. The Morgan fingerprint density at radius 2 is 2.08 bits per heavy atom. The first-order valence-electron chi connectivity index (χ1n) is 9.37. The molecule has 0 unspecified atom stereocenters. The molecular formula is C18H30IN5OS. The van der Waals surface area contributed by atoms with E-state index >= 15 is 0 Å². The van der Waals surface area contributed by atoms with Gasteiger partial charge in [-0.2, -0.15) is 0 Å². The summed E-state index contributed by atoms with van der Waals surface area (Å²) in [5, 5.41) is 9.90. The average molecular weight is 491 g/mol. The van der Waals surface area contributed by atoms with E-state index in [0.717, 1.165) is 57.9 Å². The SMILES string of the molecule is CCNC(=NCCCC(=O)NC1CC1)N1CCN(c2cccs2)CC1.I. The lowest BCUT2D eigenvalue weighted by molar-refractivity contribution is -0.121. The number of rotatable bonds is 7. The van der Waals surface area contributed by atoms with Gasteiger partial charge in [0, 0.05) is 51.7 Å². The number of amides is 1. The monoisotopic (exact) mass is 491 g/mol. The first-order chi connectivity index (χ1) is 12.3. The van der Waals surface area contributed by atoms with E-state index in [0.29, 0.717) is 19.0 Å². The van der Waals surface area contributed by atoms with E-state index in [2.05, 4.69) is 44.9 Å². The highest BCUT2D eigenvalue weighted by Crippen LogP contribution is 2.22. The third-order valence-electron chi connectivity index (χ3n) is 4.50. The summed E-state index contributed by atoms with van der Waals surface area (Å²) in [7, 11) is 0. The van der Waals surface area contributed by atoms with Gasteiger partial charge in [0.25, 0.3) is 0 Å². The van der Waals surface area contributed by atoms with E-state index in [1.165, 1.54) is 5.00 Å². The first kappa shape index (κ1) is 21.3. The highest BCUT2D eigenvalue weighted by atomic mass is 127. The van der Waals surface area contributed by atoms with E-state index in [1.807, 2.05) is 0 Å². The van der Waals surface area contributed by atoms with Crippen molar-refractivity contribution < 1.29 is 4.79 Å². The molecule has 26 heavy (non-hydrogen) atoms. The number of anilines is 1. The van der Waals surface area contributed by atoms with E-state index in [1.54, 1.807) is 11.3 Å². The van der Waals surface area contributed by atoms with Crippen LogP contribution in [0.15, 0.2) is 22.5 Å². The molecule has 0 radical (unpaired) electrons. The van der Waals surface area contributed by atoms with Crippen LogP contribution < -0.4 is 15.5 Å². The lowest BCUT2D eigenvalue weighted by Gasteiger charge is -2.37. The molecule has 0 bridgehead atoms. The minimum atomic E-state index is 0. The van der Waals surface area contributed by atoms with Crippen molar-refractivity contribution in [2.45, 2.75) is 38.6 Å². The van der Waals surface area contributed by atoms with Gasteiger partial charge >= 0.3 is 0 Å². The van der Waals surface area contributed by atoms with Crippen LogP contribution in [0.2, 0.25) is 0 Å². The average Bonchev–Trinajstić information content (AvgIpc) is 3.26. The van der Waals surface area contributed by atoms with Crippen molar-refractivity contribution in [3.63, 3.8) is 0 Å². The highest BCUT2D eigenvalue weighted by Gasteiger charge is 2.23. The third-order valence-corrected chi connectivity index (χ3v) is 5.43. The van der Waals surface area contributed by atoms with Crippen molar-refractivity contribution in [1.29, 1.82) is 0 Å². The van der Waals surface area contributed by atoms with Gasteiger partial charge in [-0.3, -0.25) is 9.79 Å². The number of halogens is 1. The van der Waals surface area contributed by atoms with Crippen LogP contribution in [0.25, 0.3) is 0 Å². The summed E-state index contributed by atoms with van der Waals surface area (Å²) in [6.07, 6.45) is 3.67. The van der Waals surface area contributed by atoms with Gasteiger partial charge in [0.15, 0.2) is 5.96 Å². The predicted octanol–water partition coefficient (Wildman–Crippen LogP) is 2.51. The Labute approximate surface area is 177 Å². The molecule has 1 saturated heterocycles. The first-order valence-corrected chi connectivity index (χ1v) is 10.3. The van der Waals surface area contributed by atoms with Gasteiger partial charge in [-0.25, -0.2) is 0 Å². The Balaban J connectivity index is 0.00000243. The van der Waals surface area contributed by atoms with Crippen molar-refractivity contribution in [2.24, 2.45) is 4.99 Å². The fourth-order valence-corrected chi connectivity index (χ4v) is 3.75. The van der Waals surface area contributed by atoms with Gasteiger partial charge in [0.2, 0.25) is 5.91 Å². The molecule has 2 fully saturated rings. The number of hydrogen-bond donors (Lipinski definition) is 2. The quantitative estimate of drug-likeness (QED) is 0.267. The van der Waals surface area contributed by atoms with E-state index in [-0.39, 0.29) is 29.9 Å². The van der Waals surface area contributed by atoms with Gasteiger partial charge in [-0.05, 0) is 43.7 Å². The van der Waals surface area contributed by atoms with E-state index < -0.39 is 0 Å². The zero-order chi connectivity index (χ0) is 17.5. The predicted molar refractivity (Wildman–Crippen MR) is 120 cm³/mol. The molecule has 0 atom stereocenters. The maximum absolute atomic E-state index is 11.7. The van der Waals surface area contributed by atoms with Crippen molar-refractivity contribution >= 4 is 52.2 Å². The molecular weight excluding hydrogens is 461 g/mol. The highest BCUT2D eigenvalue weighted by molar-refractivity contribution is 14.0. The van der Waals surface area contributed by atoms with Crippen LogP contribution in [-0.2, 0) is 4.79 Å². The minimum absolute atomic E-state index is 0. The summed E-state index contributed by atoms with van der Waals surface area (Å²) in [5.74, 6) is 1.16. The number of thiophene rings is 1. The zero-order valence-corrected chi connectivity index (χ0v) is 18.6. The van der Waals surface area contributed by atoms with Gasteiger partial charge in [-0.1, -0.05) is 0 Å². The maximum atomic E-state index is 11.7. The van der Waals surface area contributed by atoms with Crippen molar-refractivity contribution in [2.75, 3.05) is 44.2 Å². The second kappa shape index (κ2) is 11.0. The van der Waals surface area contributed by atoms with Crippen molar-refractivity contribution in [3.05, 3.63) is 17.5 Å². The minimum Gasteiger partial charge on any atom is -0.360 e. The summed E-state index contributed by atoms with van der Waals surface area (Å²) < 4.78 is 0. The maximum Gasteiger partial charge on any atom is 0.220 e. The van der Waals surface area contributed by atoms with Gasteiger partial charge in [0.1, 0.15) is 0 Å². The molecule has 6 nitrogen and oxygen atoms in total. The van der Waals surface area contributed by atoms with Crippen molar-refractivity contribution in [1.82, 2.24) is 15.5 Å². The Kier molecular flexibility index (Phi) is 8.97. The van der Waals surface area contributed by atoms with Crippen LogP contribution in [0.1, 0.15) is 32.6 Å². The van der Waals surface area contributed by atoms with Gasteiger partial charge in [-0.15, -0.1) is 35.3 Å². The molecule has 1 aromatic rings. The van der Waals surface area contributed by atoms with Crippen LogP contribution >= 0.6 is 35.3 Å². The Hall–Kier alpha value is -1.03. The number of nitrogens with zero attached hydrogens (tertiary/aromatic N) is 3.